The van der Waals surface area contributed by atoms with Gasteiger partial charge in [-0.15, -0.1) is 0 Å². The highest BCUT2D eigenvalue weighted by molar-refractivity contribution is 5.73. The first-order chi connectivity index (χ1) is 8.72. The molecule has 0 amide bonds. The second-order valence-electron chi connectivity index (χ2n) is 4.09. The zero-order valence-corrected chi connectivity index (χ0v) is 11.0. The zero-order chi connectivity index (χ0) is 13.4. The van der Waals surface area contributed by atoms with Crippen LogP contribution in [0.4, 0.5) is 0 Å². The summed E-state index contributed by atoms with van der Waals surface area (Å²) in [6.07, 6.45) is 0.592. The third-order valence-corrected chi connectivity index (χ3v) is 2.79. The predicted molar refractivity (Wildman–Crippen MR) is 70.0 cm³/mol. The van der Waals surface area contributed by atoms with Gasteiger partial charge in [-0.25, -0.2) is 0 Å². The van der Waals surface area contributed by atoms with Gasteiger partial charge in [-0.05, 0) is 24.5 Å². The van der Waals surface area contributed by atoms with Gasteiger partial charge in [0.25, 0.3) is 0 Å². The van der Waals surface area contributed by atoms with E-state index in [0.717, 1.165) is 11.1 Å². The van der Waals surface area contributed by atoms with Crippen LogP contribution < -0.4 is 5.73 Å². The molecule has 18 heavy (non-hydrogen) atoms. The molecule has 0 fully saturated rings. The van der Waals surface area contributed by atoms with Crippen LogP contribution in [-0.2, 0) is 27.3 Å². The number of hydrogen-bond donors (Lipinski definition) is 1. The minimum Gasteiger partial charge on any atom is -0.466 e. The van der Waals surface area contributed by atoms with Crippen molar-refractivity contribution in [1.82, 2.24) is 0 Å². The summed E-state index contributed by atoms with van der Waals surface area (Å²) >= 11 is 0. The molecule has 1 rings (SSSR count). The van der Waals surface area contributed by atoms with E-state index < -0.39 is 0 Å². The van der Waals surface area contributed by atoms with Crippen molar-refractivity contribution in [3.8, 4) is 0 Å². The number of rotatable bonds is 7. The van der Waals surface area contributed by atoms with Crippen molar-refractivity contribution in [1.29, 1.82) is 0 Å². The van der Waals surface area contributed by atoms with Gasteiger partial charge in [0.15, 0.2) is 0 Å². The second-order valence-corrected chi connectivity index (χ2v) is 4.09. The number of nitrogens with two attached hydrogens (primary N) is 1. The molecule has 0 heterocycles. The van der Waals surface area contributed by atoms with Gasteiger partial charge in [0.1, 0.15) is 0 Å². The maximum atomic E-state index is 11.7. The Bertz CT molecular complexity index is 379. The Morgan fingerprint density at radius 2 is 2.00 bits per heavy atom. The first-order valence-electron chi connectivity index (χ1n) is 6.15. The van der Waals surface area contributed by atoms with Crippen LogP contribution in [0.3, 0.4) is 0 Å². The topological polar surface area (TPSA) is 61.5 Å². The maximum absolute atomic E-state index is 11.7. The minimum atomic E-state index is -0.289. The van der Waals surface area contributed by atoms with Gasteiger partial charge in [0, 0.05) is 13.7 Å². The monoisotopic (exact) mass is 251 g/mol. The van der Waals surface area contributed by atoms with Crippen molar-refractivity contribution in [3.05, 3.63) is 35.4 Å². The summed E-state index contributed by atoms with van der Waals surface area (Å²) in [5, 5.41) is 0. The molecule has 0 radical (unpaired) electrons. The smallest absolute Gasteiger partial charge is 0.310 e. The van der Waals surface area contributed by atoms with Gasteiger partial charge in [-0.1, -0.05) is 24.3 Å². The highest BCUT2D eigenvalue weighted by Gasteiger charge is 2.19. The number of hydrogen-bond acceptors (Lipinski definition) is 4. The average molecular weight is 251 g/mol. The molecule has 1 atom stereocenters. The molecule has 0 bridgehead atoms. The highest BCUT2D eigenvalue weighted by Crippen LogP contribution is 2.15. The predicted octanol–water partition coefficient (Wildman–Crippen LogP) is 1.51. The van der Waals surface area contributed by atoms with Crippen molar-refractivity contribution in [2.24, 2.45) is 11.7 Å². The standard InChI is InChI=1S/C14H21NO3/c1-3-18-14(16)13(9-15)8-11-6-4-5-7-12(11)10-17-2/h4-7,13H,3,8-10,15H2,1-2H3. The Balaban J connectivity index is 2.77. The molecule has 1 unspecified atom stereocenters. The molecule has 4 heteroatoms. The van der Waals surface area contributed by atoms with Gasteiger partial charge in [0.2, 0.25) is 0 Å². The second kappa shape index (κ2) is 7.84. The van der Waals surface area contributed by atoms with E-state index in [9.17, 15) is 4.79 Å². The summed E-state index contributed by atoms with van der Waals surface area (Å²) in [5.74, 6) is -0.518. The third kappa shape index (κ3) is 4.13. The SMILES string of the molecule is CCOC(=O)C(CN)Cc1ccccc1COC. The van der Waals surface area contributed by atoms with Crippen molar-refractivity contribution < 1.29 is 14.3 Å². The summed E-state index contributed by atoms with van der Waals surface area (Å²) in [5.41, 5.74) is 7.82. The molecule has 0 spiro atoms. The van der Waals surface area contributed by atoms with Gasteiger partial charge < -0.3 is 15.2 Å². The Morgan fingerprint density at radius 1 is 1.33 bits per heavy atom. The quantitative estimate of drug-likeness (QED) is 0.746. The number of benzene rings is 1. The first-order valence-corrected chi connectivity index (χ1v) is 6.15. The van der Waals surface area contributed by atoms with Gasteiger partial charge in [0.05, 0.1) is 19.1 Å². The number of carbonyl (C=O) groups excluding carboxylic acids is 1. The van der Waals surface area contributed by atoms with E-state index in [1.54, 1.807) is 14.0 Å². The number of carbonyl (C=O) groups is 1. The molecule has 2 N–H and O–H groups in total. The van der Waals surface area contributed by atoms with Crippen LogP contribution in [0.5, 0.6) is 0 Å². The highest BCUT2D eigenvalue weighted by atomic mass is 16.5. The minimum absolute atomic E-state index is 0.229. The van der Waals surface area contributed by atoms with Crippen LogP contribution in [0.1, 0.15) is 18.1 Å². The fourth-order valence-corrected chi connectivity index (χ4v) is 1.84. The molecule has 0 saturated carbocycles. The van der Waals surface area contributed by atoms with Crippen molar-refractivity contribution in [2.75, 3.05) is 20.3 Å². The fraction of sp³-hybridized carbons (Fsp3) is 0.500. The Kier molecular flexibility index (Phi) is 6.39. The van der Waals surface area contributed by atoms with E-state index in [4.69, 9.17) is 15.2 Å². The lowest BCUT2D eigenvalue weighted by Crippen LogP contribution is -2.28. The molecule has 4 nitrogen and oxygen atoms in total. The number of methoxy groups -OCH3 is 1. The third-order valence-electron chi connectivity index (χ3n) is 2.79. The van der Waals surface area contributed by atoms with Crippen LogP contribution in [-0.4, -0.2) is 26.2 Å². The summed E-state index contributed by atoms with van der Waals surface area (Å²) in [7, 11) is 1.66. The molecular formula is C14H21NO3. The van der Waals surface area contributed by atoms with Gasteiger partial charge in [-0.2, -0.15) is 0 Å². The molecule has 0 aliphatic heterocycles. The van der Waals surface area contributed by atoms with Crippen LogP contribution >= 0.6 is 0 Å². The van der Waals surface area contributed by atoms with E-state index in [0.29, 0.717) is 26.2 Å². The van der Waals surface area contributed by atoms with E-state index in [1.807, 2.05) is 24.3 Å². The molecule has 0 saturated heterocycles. The largest absolute Gasteiger partial charge is 0.466 e. The van der Waals surface area contributed by atoms with E-state index in [-0.39, 0.29) is 11.9 Å². The van der Waals surface area contributed by atoms with Gasteiger partial charge >= 0.3 is 5.97 Å². The molecule has 0 aromatic heterocycles. The summed E-state index contributed by atoms with van der Waals surface area (Å²) < 4.78 is 10.2. The summed E-state index contributed by atoms with van der Waals surface area (Å²) in [6, 6.07) is 7.90. The van der Waals surface area contributed by atoms with Crippen molar-refractivity contribution in [3.63, 3.8) is 0 Å². The Hall–Kier alpha value is -1.39. The average Bonchev–Trinajstić information content (AvgIpc) is 2.38. The number of esters is 1. The lowest BCUT2D eigenvalue weighted by Gasteiger charge is -2.15. The summed E-state index contributed by atoms with van der Waals surface area (Å²) in [4.78, 5) is 11.7. The molecular weight excluding hydrogens is 230 g/mol. The number of ether oxygens (including phenoxy) is 2. The molecule has 1 aromatic rings. The Labute approximate surface area is 108 Å². The molecule has 0 aliphatic carbocycles. The lowest BCUT2D eigenvalue weighted by atomic mass is 9.96. The lowest BCUT2D eigenvalue weighted by molar-refractivity contribution is -0.147. The Morgan fingerprint density at radius 3 is 2.56 bits per heavy atom. The van der Waals surface area contributed by atoms with E-state index in [2.05, 4.69) is 0 Å². The van der Waals surface area contributed by atoms with Crippen LogP contribution in [0.15, 0.2) is 24.3 Å². The molecule has 0 aliphatic rings. The van der Waals surface area contributed by atoms with E-state index in [1.165, 1.54) is 0 Å². The maximum Gasteiger partial charge on any atom is 0.310 e. The van der Waals surface area contributed by atoms with Crippen molar-refractivity contribution >= 4 is 5.97 Å². The molecule has 1 aromatic carbocycles. The van der Waals surface area contributed by atoms with Gasteiger partial charge in [-0.3, -0.25) is 4.79 Å². The van der Waals surface area contributed by atoms with Crippen LogP contribution in [0, 0.1) is 5.92 Å². The van der Waals surface area contributed by atoms with Crippen molar-refractivity contribution in [2.45, 2.75) is 20.0 Å². The fourth-order valence-electron chi connectivity index (χ4n) is 1.84. The van der Waals surface area contributed by atoms with E-state index >= 15 is 0 Å². The summed E-state index contributed by atoms with van der Waals surface area (Å²) in [6.45, 7) is 3.01. The normalized spacial score (nSPS) is 12.2. The zero-order valence-electron chi connectivity index (χ0n) is 11.0. The first kappa shape index (κ1) is 14.7. The van der Waals surface area contributed by atoms with Crippen LogP contribution in [0.2, 0.25) is 0 Å². The van der Waals surface area contributed by atoms with Crippen LogP contribution in [0.25, 0.3) is 0 Å². The molecule has 100 valence electrons.